The Morgan fingerprint density at radius 3 is 2.19 bits per heavy atom. The van der Waals surface area contributed by atoms with Crippen LogP contribution in [-0.2, 0) is 11.2 Å². The average molecular weight is 218 g/mol. The van der Waals surface area contributed by atoms with Crippen molar-refractivity contribution in [3.05, 3.63) is 34.4 Å². The summed E-state index contributed by atoms with van der Waals surface area (Å²) in [5.41, 5.74) is 5.90. The van der Waals surface area contributed by atoms with E-state index in [1.54, 1.807) is 0 Å². The van der Waals surface area contributed by atoms with Crippen LogP contribution in [0.2, 0.25) is 0 Å². The van der Waals surface area contributed by atoms with E-state index < -0.39 is 0 Å². The van der Waals surface area contributed by atoms with Crippen LogP contribution in [-0.4, -0.2) is 12.2 Å². The van der Waals surface area contributed by atoms with Crippen molar-refractivity contribution >= 4 is 0 Å². The van der Waals surface area contributed by atoms with Crippen molar-refractivity contribution in [1.82, 2.24) is 0 Å². The highest BCUT2D eigenvalue weighted by Crippen LogP contribution is 2.31. The van der Waals surface area contributed by atoms with Crippen molar-refractivity contribution in [3.63, 3.8) is 0 Å². The highest BCUT2D eigenvalue weighted by molar-refractivity contribution is 5.37. The maximum Gasteiger partial charge on any atom is 0.0679 e. The van der Waals surface area contributed by atoms with Crippen molar-refractivity contribution in [2.45, 2.75) is 52.6 Å². The smallest absolute Gasteiger partial charge is 0.0679 e. The van der Waals surface area contributed by atoms with Crippen LogP contribution >= 0.6 is 0 Å². The molecule has 1 unspecified atom stereocenters. The number of hydrogen-bond acceptors (Lipinski definition) is 1. The third-order valence-corrected chi connectivity index (χ3v) is 3.83. The topological polar surface area (TPSA) is 9.23 Å². The minimum atomic E-state index is 0.157. The second kappa shape index (κ2) is 4.21. The Balaban J connectivity index is 2.09. The molecule has 1 nitrogen and oxygen atoms in total. The molecular weight excluding hydrogens is 196 g/mol. The Morgan fingerprint density at radius 2 is 1.75 bits per heavy atom. The summed E-state index contributed by atoms with van der Waals surface area (Å²) in [5.74, 6) is 0. The Hall–Kier alpha value is -0.820. The second-order valence-electron chi connectivity index (χ2n) is 5.43. The van der Waals surface area contributed by atoms with E-state index in [2.05, 4.69) is 39.8 Å². The molecule has 16 heavy (non-hydrogen) atoms. The van der Waals surface area contributed by atoms with E-state index in [1.165, 1.54) is 28.7 Å². The lowest BCUT2D eigenvalue weighted by molar-refractivity contribution is -0.137. The molecule has 0 aromatic heterocycles. The van der Waals surface area contributed by atoms with Gasteiger partial charge in [-0.3, -0.25) is 0 Å². The first-order valence-electron chi connectivity index (χ1n) is 6.21. The van der Waals surface area contributed by atoms with E-state index in [1.807, 2.05) is 0 Å². The molecule has 0 saturated carbocycles. The first-order valence-corrected chi connectivity index (χ1v) is 6.21. The summed E-state index contributed by atoms with van der Waals surface area (Å²) in [7, 11) is 0. The zero-order valence-electron chi connectivity index (χ0n) is 10.9. The van der Waals surface area contributed by atoms with Crippen LogP contribution in [0.1, 0.15) is 42.0 Å². The summed E-state index contributed by atoms with van der Waals surface area (Å²) in [6.07, 6.45) is 3.52. The molecule has 1 aromatic rings. The Morgan fingerprint density at radius 1 is 1.19 bits per heavy atom. The largest absolute Gasteiger partial charge is 0.375 e. The molecular formula is C15H22O. The number of ether oxygens (including phenoxy) is 1. The summed E-state index contributed by atoms with van der Waals surface area (Å²) in [6, 6.07) is 4.57. The fourth-order valence-electron chi connectivity index (χ4n) is 2.64. The van der Waals surface area contributed by atoms with Crippen LogP contribution in [0.5, 0.6) is 0 Å². The highest BCUT2D eigenvalue weighted by Gasteiger charge is 2.32. The molecule has 0 bridgehead atoms. The van der Waals surface area contributed by atoms with E-state index in [4.69, 9.17) is 4.74 Å². The van der Waals surface area contributed by atoms with Crippen molar-refractivity contribution in [3.8, 4) is 0 Å². The van der Waals surface area contributed by atoms with Gasteiger partial charge in [-0.1, -0.05) is 17.7 Å². The molecule has 2 rings (SSSR count). The van der Waals surface area contributed by atoms with Crippen LogP contribution < -0.4 is 0 Å². The molecule has 0 amide bonds. The quantitative estimate of drug-likeness (QED) is 0.751. The van der Waals surface area contributed by atoms with Gasteiger partial charge in [-0.15, -0.1) is 0 Å². The van der Waals surface area contributed by atoms with E-state index in [-0.39, 0.29) is 5.60 Å². The van der Waals surface area contributed by atoms with Gasteiger partial charge in [0.2, 0.25) is 0 Å². The average Bonchev–Trinajstić information content (AvgIpc) is 2.13. The zero-order chi connectivity index (χ0) is 11.8. The fraction of sp³-hybridized carbons (Fsp3) is 0.600. The van der Waals surface area contributed by atoms with Crippen LogP contribution in [0.3, 0.4) is 0 Å². The third-order valence-electron chi connectivity index (χ3n) is 3.83. The molecule has 0 spiro atoms. The van der Waals surface area contributed by atoms with Gasteiger partial charge in [-0.2, -0.15) is 0 Å². The summed E-state index contributed by atoms with van der Waals surface area (Å²) in [5, 5.41) is 0. The minimum Gasteiger partial charge on any atom is -0.375 e. The molecule has 1 aliphatic rings. The molecule has 1 atom stereocenters. The molecule has 88 valence electrons. The number of rotatable bonds is 3. The highest BCUT2D eigenvalue weighted by atomic mass is 16.5. The van der Waals surface area contributed by atoms with Crippen LogP contribution in [0.25, 0.3) is 0 Å². The fourth-order valence-corrected chi connectivity index (χ4v) is 2.64. The number of aryl methyl sites for hydroxylation is 3. The predicted molar refractivity (Wildman–Crippen MR) is 67.9 cm³/mol. The van der Waals surface area contributed by atoms with Crippen molar-refractivity contribution in [2.24, 2.45) is 0 Å². The molecule has 0 aliphatic carbocycles. The standard InChI is InChI=1S/C15H22O/c1-11-9-12(2)14(13(3)10-11)5-6-15(4)7-8-16-15/h9-10H,5-8H2,1-4H3. The van der Waals surface area contributed by atoms with Gasteiger partial charge in [0.15, 0.2) is 0 Å². The molecule has 1 heterocycles. The Kier molecular flexibility index (Phi) is 3.07. The lowest BCUT2D eigenvalue weighted by Crippen LogP contribution is -2.40. The zero-order valence-corrected chi connectivity index (χ0v) is 10.9. The van der Waals surface area contributed by atoms with Crippen molar-refractivity contribution < 1.29 is 4.74 Å². The Labute approximate surface area is 98.8 Å². The van der Waals surface area contributed by atoms with E-state index in [9.17, 15) is 0 Å². The maximum atomic E-state index is 5.64. The molecule has 0 radical (unpaired) electrons. The van der Waals surface area contributed by atoms with Gasteiger partial charge in [-0.05, 0) is 63.6 Å². The lowest BCUT2D eigenvalue weighted by atomic mass is 9.87. The van der Waals surface area contributed by atoms with Crippen LogP contribution in [0.15, 0.2) is 12.1 Å². The van der Waals surface area contributed by atoms with E-state index in [0.29, 0.717) is 0 Å². The summed E-state index contributed by atoms with van der Waals surface area (Å²) >= 11 is 0. The van der Waals surface area contributed by atoms with Gasteiger partial charge in [-0.25, -0.2) is 0 Å². The van der Waals surface area contributed by atoms with Gasteiger partial charge in [0.1, 0.15) is 0 Å². The lowest BCUT2D eigenvalue weighted by Gasteiger charge is -2.39. The van der Waals surface area contributed by atoms with Crippen LogP contribution in [0, 0.1) is 20.8 Å². The van der Waals surface area contributed by atoms with Crippen molar-refractivity contribution in [2.75, 3.05) is 6.61 Å². The number of hydrogen-bond donors (Lipinski definition) is 0. The minimum absolute atomic E-state index is 0.157. The van der Waals surface area contributed by atoms with Gasteiger partial charge in [0.25, 0.3) is 0 Å². The predicted octanol–water partition coefficient (Wildman–Crippen LogP) is 3.72. The molecule has 0 N–H and O–H groups in total. The van der Waals surface area contributed by atoms with Gasteiger partial charge in [0, 0.05) is 0 Å². The van der Waals surface area contributed by atoms with E-state index in [0.717, 1.165) is 19.4 Å². The SMILES string of the molecule is Cc1cc(C)c(CCC2(C)CCO2)c(C)c1. The normalized spacial score (nSPS) is 24.2. The molecule has 1 heteroatoms. The monoisotopic (exact) mass is 218 g/mol. The van der Waals surface area contributed by atoms with Gasteiger partial charge < -0.3 is 4.74 Å². The van der Waals surface area contributed by atoms with Gasteiger partial charge >= 0.3 is 0 Å². The summed E-state index contributed by atoms with van der Waals surface area (Å²) < 4.78 is 5.64. The first-order chi connectivity index (χ1) is 7.50. The van der Waals surface area contributed by atoms with Gasteiger partial charge in [0.05, 0.1) is 12.2 Å². The molecule has 1 aliphatic heterocycles. The molecule has 1 fully saturated rings. The molecule has 1 saturated heterocycles. The second-order valence-corrected chi connectivity index (χ2v) is 5.43. The summed E-state index contributed by atoms with van der Waals surface area (Å²) in [6.45, 7) is 9.79. The first kappa shape index (κ1) is 11.7. The van der Waals surface area contributed by atoms with Crippen LogP contribution in [0.4, 0.5) is 0 Å². The maximum absolute atomic E-state index is 5.64. The number of benzene rings is 1. The van der Waals surface area contributed by atoms with Crippen molar-refractivity contribution in [1.29, 1.82) is 0 Å². The van der Waals surface area contributed by atoms with E-state index >= 15 is 0 Å². The molecule has 1 aromatic carbocycles. The summed E-state index contributed by atoms with van der Waals surface area (Å²) in [4.78, 5) is 0. The third kappa shape index (κ3) is 2.30. The Bertz CT molecular complexity index is 365.